The zero-order valence-electron chi connectivity index (χ0n) is 12.5. The Kier molecular flexibility index (Phi) is 5.05. The van der Waals surface area contributed by atoms with Crippen LogP contribution < -0.4 is 0 Å². The van der Waals surface area contributed by atoms with Crippen molar-refractivity contribution >= 4 is 23.5 Å². The topological polar surface area (TPSA) is 71.1 Å². The molecule has 0 radical (unpaired) electrons. The van der Waals surface area contributed by atoms with Gasteiger partial charge in [0.2, 0.25) is 6.10 Å². The number of carbonyl (C=O) groups excluding carboxylic acids is 2. The van der Waals surface area contributed by atoms with Gasteiger partial charge in [-0.2, -0.15) is 0 Å². The number of ether oxygens (including phenoxy) is 4. The molecule has 1 saturated heterocycles. The van der Waals surface area contributed by atoms with E-state index in [1.165, 1.54) is 13.2 Å². The van der Waals surface area contributed by atoms with Crippen LogP contribution in [0.15, 0.2) is 24.3 Å². The maximum Gasteiger partial charge on any atom is 0.350 e. The van der Waals surface area contributed by atoms with Gasteiger partial charge in [-0.25, -0.2) is 9.59 Å². The van der Waals surface area contributed by atoms with E-state index in [9.17, 15) is 9.59 Å². The Balaban J connectivity index is 2.13. The number of carbonyl (C=O) groups is 2. The highest BCUT2D eigenvalue weighted by molar-refractivity contribution is 6.30. The molecule has 0 N–H and O–H groups in total. The Morgan fingerprint density at radius 2 is 2.14 bits per heavy atom. The molecule has 1 heterocycles. The quantitative estimate of drug-likeness (QED) is 0.789. The average Bonchev–Trinajstić information content (AvgIpc) is 2.83. The van der Waals surface area contributed by atoms with Crippen molar-refractivity contribution in [2.75, 3.05) is 13.7 Å². The van der Waals surface area contributed by atoms with Crippen molar-refractivity contribution in [1.82, 2.24) is 0 Å². The molecule has 1 fully saturated rings. The van der Waals surface area contributed by atoms with E-state index in [4.69, 9.17) is 25.8 Å². The lowest BCUT2D eigenvalue weighted by molar-refractivity contribution is -0.171. The molecule has 1 aliphatic heterocycles. The molecule has 0 saturated carbocycles. The third kappa shape index (κ3) is 3.97. The summed E-state index contributed by atoms with van der Waals surface area (Å²) in [6.07, 6.45) is -1.94. The molecule has 1 aliphatic rings. The van der Waals surface area contributed by atoms with Gasteiger partial charge in [0.1, 0.15) is 6.10 Å². The van der Waals surface area contributed by atoms with E-state index in [-0.39, 0.29) is 12.2 Å². The van der Waals surface area contributed by atoms with E-state index in [0.29, 0.717) is 5.02 Å². The van der Waals surface area contributed by atoms with Gasteiger partial charge in [-0.3, -0.25) is 0 Å². The van der Waals surface area contributed by atoms with Crippen molar-refractivity contribution in [2.24, 2.45) is 0 Å². The van der Waals surface area contributed by atoms with Crippen molar-refractivity contribution in [3.05, 3.63) is 34.9 Å². The molecule has 2 rings (SSSR count). The van der Waals surface area contributed by atoms with Crippen LogP contribution in [0.25, 0.3) is 0 Å². The number of benzene rings is 1. The summed E-state index contributed by atoms with van der Waals surface area (Å²) in [4.78, 5) is 24.0. The predicted molar refractivity (Wildman–Crippen MR) is 77.6 cm³/mol. The van der Waals surface area contributed by atoms with E-state index in [0.717, 1.165) is 0 Å². The molecular weight excluding hydrogens is 312 g/mol. The van der Waals surface area contributed by atoms with Gasteiger partial charge in [0.15, 0.2) is 5.79 Å². The van der Waals surface area contributed by atoms with Gasteiger partial charge < -0.3 is 18.9 Å². The summed E-state index contributed by atoms with van der Waals surface area (Å²) in [5.74, 6) is -2.24. The summed E-state index contributed by atoms with van der Waals surface area (Å²) in [7, 11) is 1.21. The third-order valence-electron chi connectivity index (χ3n) is 3.10. The first-order valence-corrected chi connectivity index (χ1v) is 7.06. The van der Waals surface area contributed by atoms with Gasteiger partial charge in [-0.15, -0.1) is 0 Å². The zero-order valence-corrected chi connectivity index (χ0v) is 13.3. The molecule has 6 nitrogen and oxygen atoms in total. The minimum absolute atomic E-state index is 0.121. The van der Waals surface area contributed by atoms with Gasteiger partial charge >= 0.3 is 11.9 Å². The maximum absolute atomic E-state index is 12.2. The molecule has 0 bridgehead atoms. The third-order valence-corrected chi connectivity index (χ3v) is 3.33. The summed E-state index contributed by atoms with van der Waals surface area (Å²) in [6.45, 7) is 3.54. The average molecular weight is 329 g/mol. The van der Waals surface area contributed by atoms with Crippen LogP contribution in [-0.4, -0.2) is 43.7 Å². The molecule has 2 unspecified atom stereocenters. The van der Waals surface area contributed by atoms with Crippen LogP contribution in [0.2, 0.25) is 5.02 Å². The molecule has 2 atom stereocenters. The summed E-state index contributed by atoms with van der Waals surface area (Å²) in [5, 5.41) is 0.394. The van der Waals surface area contributed by atoms with E-state index >= 15 is 0 Å². The Hall–Kier alpha value is -1.63. The normalized spacial score (nSPS) is 21.2. The minimum atomic E-state index is -1.21. The molecule has 1 aromatic carbocycles. The first kappa shape index (κ1) is 16.7. The van der Waals surface area contributed by atoms with Crippen LogP contribution in [0.3, 0.4) is 0 Å². The number of esters is 2. The second-order valence-electron chi connectivity index (χ2n) is 5.23. The fourth-order valence-electron chi connectivity index (χ4n) is 2.06. The van der Waals surface area contributed by atoms with E-state index in [1.54, 1.807) is 32.0 Å². The fraction of sp³-hybridized carbons (Fsp3) is 0.467. The van der Waals surface area contributed by atoms with Gasteiger partial charge in [0.25, 0.3) is 0 Å². The van der Waals surface area contributed by atoms with Crippen LogP contribution in [0.5, 0.6) is 0 Å². The molecular formula is C15H17ClO6. The molecule has 0 aromatic heterocycles. The lowest BCUT2D eigenvalue weighted by Gasteiger charge is -2.22. The van der Waals surface area contributed by atoms with Crippen LogP contribution in [-0.2, 0) is 23.7 Å². The van der Waals surface area contributed by atoms with Gasteiger partial charge in [-0.05, 0) is 32.0 Å². The number of hydrogen-bond acceptors (Lipinski definition) is 6. The molecule has 0 spiro atoms. The minimum Gasteiger partial charge on any atom is -0.466 e. The second kappa shape index (κ2) is 6.64. The second-order valence-corrected chi connectivity index (χ2v) is 5.66. The Bertz CT molecular complexity index is 571. The molecule has 22 heavy (non-hydrogen) atoms. The van der Waals surface area contributed by atoms with Gasteiger partial charge in [0, 0.05) is 5.02 Å². The maximum atomic E-state index is 12.2. The highest BCUT2D eigenvalue weighted by atomic mass is 35.5. The first-order chi connectivity index (χ1) is 10.3. The Labute approximate surface area is 133 Å². The summed E-state index contributed by atoms with van der Waals surface area (Å²) in [5.41, 5.74) is 0.236. The molecule has 7 heteroatoms. The number of methoxy groups -OCH3 is 1. The van der Waals surface area contributed by atoms with Gasteiger partial charge in [0.05, 0.1) is 19.3 Å². The highest BCUT2D eigenvalue weighted by Gasteiger charge is 2.43. The van der Waals surface area contributed by atoms with Crippen molar-refractivity contribution in [1.29, 1.82) is 0 Å². The Morgan fingerprint density at radius 1 is 1.41 bits per heavy atom. The van der Waals surface area contributed by atoms with Crippen LogP contribution in [0, 0.1) is 0 Å². The Morgan fingerprint density at radius 3 is 2.68 bits per heavy atom. The van der Waals surface area contributed by atoms with E-state index in [2.05, 4.69) is 4.74 Å². The summed E-state index contributed by atoms with van der Waals surface area (Å²) >= 11 is 5.84. The van der Waals surface area contributed by atoms with Crippen molar-refractivity contribution in [3.8, 4) is 0 Å². The van der Waals surface area contributed by atoms with Crippen LogP contribution >= 0.6 is 11.6 Å². The summed E-state index contributed by atoms with van der Waals surface area (Å²) < 4.78 is 20.9. The lowest BCUT2D eigenvalue weighted by Crippen LogP contribution is -2.41. The van der Waals surface area contributed by atoms with E-state index in [1.807, 2.05) is 0 Å². The monoisotopic (exact) mass is 328 g/mol. The van der Waals surface area contributed by atoms with Crippen LogP contribution in [0.4, 0.5) is 0 Å². The van der Waals surface area contributed by atoms with Crippen molar-refractivity contribution < 1.29 is 28.5 Å². The number of rotatable bonds is 4. The zero-order chi connectivity index (χ0) is 16.3. The smallest absolute Gasteiger partial charge is 0.350 e. The predicted octanol–water partition coefficient (Wildman–Crippen LogP) is 2.19. The SMILES string of the molecule is COC(=O)C(OC(=O)c1cccc(Cl)c1)C1COC(C)(C)O1. The van der Waals surface area contributed by atoms with Crippen molar-refractivity contribution in [2.45, 2.75) is 31.8 Å². The van der Waals surface area contributed by atoms with E-state index < -0.39 is 29.9 Å². The largest absolute Gasteiger partial charge is 0.466 e. The van der Waals surface area contributed by atoms with Crippen LogP contribution in [0.1, 0.15) is 24.2 Å². The molecule has 0 amide bonds. The first-order valence-electron chi connectivity index (χ1n) is 6.68. The fourth-order valence-corrected chi connectivity index (χ4v) is 2.25. The number of hydrogen-bond donors (Lipinski definition) is 0. The number of halogens is 1. The lowest BCUT2D eigenvalue weighted by atomic mass is 10.2. The van der Waals surface area contributed by atoms with Crippen molar-refractivity contribution in [3.63, 3.8) is 0 Å². The molecule has 1 aromatic rings. The summed E-state index contributed by atoms with van der Waals surface area (Å²) in [6, 6.07) is 6.24. The van der Waals surface area contributed by atoms with Gasteiger partial charge in [-0.1, -0.05) is 17.7 Å². The highest BCUT2D eigenvalue weighted by Crippen LogP contribution is 2.26. The molecule has 0 aliphatic carbocycles. The standard InChI is InChI=1S/C15H17ClO6/c1-15(2)20-8-11(22-15)12(14(18)19-3)21-13(17)9-5-4-6-10(16)7-9/h4-7,11-12H,8H2,1-3H3. The molecule has 120 valence electrons.